The minimum absolute atomic E-state index is 0.220. The van der Waals surface area contributed by atoms with E-state index in [9.17, 15) is 0 Å². The third-order valence-electron chi connectivity index (χ3n) is 4.62. The van der Waals surface area contributed by atoms with Crippen LogP contribution in [0, 0.1) is 9.49 Å². The molecule has 2 aromatic carbocycles. The first-order valence-corrected chi connectivity index (χ1v) is 9.14. The molecule has 0 spiro atoms. The summed E-state index contributed by atoms with van der Waals surface area (Å²) in [6.45, 7) is 0. The van der Waals surface area contributed by atoms with Gasteiger partial charge in [-0.25, -0.2) is 0 Å². The molecule has 112 valence electrons. The van der Waals surface area contributed by atoms with E-state index in [2.05, 4.69) is 64.3 Å². The van der Waals surface area contributed by atoms with Crippen LogP contribution in [0.1, 0.15) is 29.5 Å². The molecule has 3 atom stereocenters. The zero-order valence-corrected chi connectivity index (χ0v) is 15.4. The molecule has 1 aliphatic heterocycles. The minimum atomic E-state index is 0.220. The highest BCUT2D eigenvalue weighted by molar-refractivity contribution is 14.1. The van der Waals surface area contributed by atoms with E-state index < -0.39 is 0 Å². The van der Waals surface area contributed by atoms with Gasteiger partial charge in [0.15, 0.2) is 0 Å². The van der Waals surface area contributed by atoms with E-state index in [0.29, 0.717) is 16.9 Å². The molecular formula is C18H14Cl2IN. The van der Waals surface area contributed by atoms with Crippen LogP contribution in [-0.4, -0.2) is 0 Å². The fourth-order valence-corrected chi connectivity index (χ4v) is 4.67. The zero-order valence-electron chi connectivity index (χ0n) is 11.7. The molecule has 0 saturated carbocycles. The second kappa shape index (κ2) is 5.73. The second-order valence-electron chi connectivity index (χ2n) is 5.87. The van der Waals surface area contributed by atoms with Crippen LogP contribution in [0.3, 0.4) is 0 Å². The standard InChI is InChI=1S/C18H14Cl2IN/c19-10-4-6-14(16(20)8-10)18-13-3-1-2-12(13)15-9-11(21)5-7-17(15)22-18/h1-2,4-9,12-13,18,22H,3H2/t12-,13-,18-/m0/s1. The lowest BCUT2D eigenvalue weighted by Crippen LogP contribution is -2.29. The van der Waals surface area contributed by atoms with Gasteiger partial charge < -0.3 is 5.32 Å². The molecule has 0 aromatic heterocycles. The summed E-state index contributed by atoms with van der Waals surface area (Å²) < 4.78 is 1.28. The van der Waals surface area contributed by atoms with Crippen molar-refractivity contribution in [2.75, 3.05) is 5.32 Å². The van der Waals surface area contributed by atoms with Gasteiger partial charge in [-0.3, -0.25) is 0 Å². The molecule has 22 heavy (non-hydrogen) atoms. The molecular weight excluding hydrogens is 428 g/mol. The molecule has 0 saturated heterocycles. The number of hydrogen-bond donors (Lipinski definition) is 1. The highest BCUT2D eigenvalue weighted by atomic mass is 127. The van der Waals surface area contributed by atoms with Gasteiger partial charge in [0.2, 0.25) is 0 Å². The first-order chi connectivity index (χ1) is 10.6. The quantitative estimate of drug-likeness (QED) is 0.397. The molecule has 1 nitrogen and oxygen atoms in total. The van der Waals surface area contributed by atoms with Gasteiger partial charge in [0, 0.05) is 25.2 Å². The smallest absolute Gasteiger partial charge is 0.0568 e. The number of benzene rings is 2. The third kappa shape index (κ3) is 2.45. The molecule has 0 radical (unpaired) electrons. The predicted molar refractivity (Wildman–Crippen MR) is 102 cm³/mol. The first-order valence-electron chi connectivity index (χ1n) is 7.31. The average Bonchev–Trinajstić information content (AvgIpc) is 2.97. The number of fused-ring (bicyclic) bond motifs is 3. The maximum Gasteiger partial charge on any atom is 0.0568 e. The van der Waals surface area contributed by atoms with Crippen molar-refractivity contribution >= 4 is 51.5 Å². The zero-order chi connectivity index (χ0) is 15.3. The van der Waals surface area contributed by atoms with Gasteiger partial charge in [-0.05, 0) is 76.4 Å². The lowest BCUT2D eigenvalue weighted by molar-refractivity contribution is 0.425. The Morgan fingerprint density at radius 2 is 1.91 bits per heavy atom. The molecule has 1 aliphatic carbocycles. The monoisotopic (exact) mass is 441 g/mol. The van der Waals surface area contributed by atoms with Crippen LogP contribution >= 0.6 is 45.8 Å². The molecule has 0 bridgehead atoms. The molecule has 0 fully saturated rings. The lowest BCUT2D eigenvalue weighted by Gasteiger charge is -2.38. The topological polar surface area (TPSA) is 12.0 Å². The fraction of sp³-hybridized carbons (Fsp3) is 0.222. The van der Waals surface area contributed by atoms with Crippen LogP contribution in [0.2, 0.25) is 10.0 Å². The summed E-state index contributed by atoms with van der Waals surface area (Å²) in [5.41, 5.74) is 3.74. The number of nitrogens with one attached hydrogen (secondary N) is 1. The van der Waals surface area contributed by atoms with Crippen molar-refractivity contribution in [2.24, 2.45) is 5.92 Å². The summed E-state index contributed by atoms with van der Waals surface area (Å²) in [6, 6.07) is 12.6. The van der Waals surface area contributed by atoms with Crippen molar-refractivity contribution in [2.45, 2.75) is 18.4 Å². The Hall–Kier alpha value is -0.710. The summed E-state index contributed by atoms with van der Waals surface area (Å²) in [5.74, 6) is 0.965. The highest BCUT2D eigenvalue weighted by Crippen LogP contribution is 2.51. The van der Waals surface area contributed by atoms with Gasteiger partial charge in [-0.1, -0.05) is 41.4 Å². The van der Waals surface area contributed by atoms with Crippen LogP contribution in [0.25, 0.3) is 0 Å². The van der Waals surface area contributed by atoms with Crippen molar-refractivity contribution < 1.29 is 0 Å². The van der Waals surface area contributed by atoms with Crippen molar-refractivity contribution in [3.8, 4) is 0 Å². The molecule has 0 unspecified atom stereocenters. The first kappa shape index (κ1) is 14.9. The Morgan fingerprint density at radius 1 is 1.05 bits per heavy atom. The van der Waals surface area contributed by atoms with E-state index >= 15 is 0 Å². The Balaban J connectivity index is 1.81. The summed E-state index contributed by atoms with van der Waals surface area (Å²) in [5, 5.41) is 5.12. The van der Waals surface area contributed by atoms with Crippen molar-refractivity contribution in [3.05, 3.63) is 73.3 Å². The average molecular weight is 442 g/mol. The highest BCUT2D eigenvalue weighted by Gasteiger charge is 2.38. The van der Waals surface area contributed by atoms with E-state index in [1.807, 2.05) is 12.1 Å². The molecule has 1 N–H and O–H groups in total. The summed E-state index contributed by atoms with van der Waals surface area (Å²) in [4.78, 5) is 0. The maximum atomic E-state index is 6.46. The molecule has 0 amide bonds. The molecule has 4 heteroatoms. The molecule has 4 rings (SSSR count). The Kier molecular flexibility index (Phi) is 3.87. The van der Waals surface area contributed by atoms with Crippen molar-refractivity contribution in [1.29, 1.82) is 0 Å². The largest absolute Gasteiger partial charge is 0.378 e. The third-order valence-corrected chi connectivity index (χ3v) is 5.86. The van der Waals surface area contributed by atoms with Crippen LogP contribution < -0.4 is 5.32 Å². The Labute approximate surface area is 153 Å². The predicted octanol–water partition coefficient (Wildman–Crippen LogP) is 6.42. The summed E-state index contributed by atoms with van der Waals surface area (Å²) in [6.07, 6.45) is 5.71. The van der Waals surface area contributed by atoms with E-state index in [1.165, 1.54) is 14.8 Å². The molecule has 2 aliphatic rings. The number of hydrogen-bond acceptors (Lipinski definition) is 1. The number of allylic oxidation sites excluding steroid dienone is 2. The van der Waals surface area contributed by atoms with Gasteiger partial charge in [-0.15, -0.1) is 0 Å². The number of anilines is 1. The van der Waals surface area contributed by atoms with Crippen LogP contribution in [0.4, 0.5) is 5.69 Å². The Morgan fingerprint density at radius 3 is 2.73 bits per heavy atom. The van der Waals surface area contributed by atoms with Gasteiger partial charge in [0.25, 0.3) is 0 Å². The maximum absolute atomic E-state index is 6.46. The van der Waals surface area contributed by atoms with Gasteiger partial charge in [0.05, 0.1) is 6.04 Å². The minimum Gasteiger partial charge on any atom is -0.378 e. The van der Waals surface area contributed by atoms with Crippen molar-refractivity contribution in [1.82, 2.24) is 0 Å². The van der Waals surface area contributed by atoms with Gasteiger partial charge in [-0.2, -0.15) is 0 Å². The van der Waals surface area contributed by atoms with Gasteiger partial charge in [0.1, 0.15) is 0 Å². The van der Waals surface area contributed by atoms with E-state index in [-0.39, 0.29) is 6.04 Å². The van der Waals surface area contributed by atoms with Crippen LogP contribution in [0.15, 0.2) is 48.6 Å². The number of halogens is 3. The van der Waals surface area contributed by atoms with E-state index in [4.69, 9.17) is 23.2 Å². The second-order valence-corrected chi connectivity index (χ2v) is 7.96. The normalized spacial score (nSPS) is 25.5. The summed E-state index contributed by atoms with van der Waals surface area (Å²) >= 11 is 14.9. The number of rotatable bonds is 1. The SMILES string of the molecule is Clc1ccc([C@H]2Nc3ccc(I)cc3[C@H]3C=CC[C@@H]32)c(Cl)c1. The van der Waals surface area contributed by atoms with Crippen LogP contribution in [0.5, 0.6) is 0 Å². The van der Waals surface area contributed by atoms with E-state index in [1.54, 1.807) is 0 Å². The van der Waals surface area contributed by atoms with Gasteiger partial charge >= 0.3 is 0 Å². The van der Waals surface area contributed by atoms with E-state index in [0.717, 1.165) is 17.0 Å². The molecule has 2 aromatic rings. The molecule has 1 heterocycles. The van der Waals surface area contributed by atoms with Crippen LogP contribution in [-0.2, 0) is 0 Å². The summed E-state index contributed by atoms with van der Waals surface area (Å²) in [7, 11) is 0. The lowest BCUT2D eigenvalue weighted by atomic mass is 9.77. The van der Waals surface area contributed by atoms with Crippen molar-refractivity contribution in [3.63, 3.8) is 0 Å². The fourth-order valence-electron chi connectivity index (χ4n) is 3.63. The Bertz CT molecular complexity index is 772.